The monoisotopic (exact) mass is 469 g/mol. The summed E-state index contributed by atoms with van der Waals surface area (Å²) in [5.41, 5.74) is 1.82. The summed E-state index contributed by atoms with van der Waals surface area (Å²) in [5.74, 6) is 1.05. The number of unbranched alkanes of at least 4 members (excludes halogenated alkanes) is 5. The molecule has 34 heavy (non-hydrogen) atoms. The molecule has 0 aliphatic heterocycles. The van der Waals surface area contributed by atoms with Crippen molar-refractivity contribution in [3.63, 3.8) is 0 Å². The van der Waals surface area contributed by atoms with Gasteiger partial charge in [0.25, 0.3) is 0 Å². The van der Waals surface area contributed by atoms with Gasteiger partial charge in [-0.25, -0.2) is 9.78 Å². The summed E-state index contributed by atoms with van der Waals surface area (Å²) in [4.78, 5) is 16.3. The lowest BCUT2D eigenvalue weighted by Gasteiger charge is -2.18. The molecule has 0 amide bonds. The Kier molecular flexibility index (Phi) is 11.6. The molecule has 0 bridgehead atoms. The first-order valence-electron chi connectivity index (χ1n) is 12.1. The van der Waals surface area contributed by atoms with E-state index >= 15 is 0 Å². The molecular formula is C28H39NO5. The van der Waals surface area contributed by atoms with Crippen LogP contribution >= 0.6 is 0 Å². The number of carbonyl (C=O) groups excluding carboxylic acids is 1. The van der Waals surface area contributed by atoms with Crippen LogP contribution in [0.25, 0.3) is 6.08 Å². The summed E-state index contributed by atoms with van der Waals surface area (Å²) < 4.78 is 16.4. The van der Waals surface area contributed by atoms with Crippen molar-refractivity contribution in [1.29, 1.82) is 0 Å². The summed E-state index contributed by atoms with van der Waals surface area (Å²) in [6, 6.07) is 11.8. The lowest BCUT2D eigenvalue weighted by molar-refractivity contribution is -0.148. The van der Waals surface area contributed by atoms with Crippen LogP contribution in [0.3, 0.4) is 0 Å². The van der Waals surface area contributed by atoms with Gasteiger partial charge in [0.05, 0.1) is 26.0 Å². The van der Waals surface area contributed by atoms with Gasteiger partial charge in [-0.2, -0.15) is 0 Å². The number of esters is 1. The number of pyridine rings is 1. The molecule has 0 saturated carbocycles. The Bertz CT molecular complexity index is 900. The lowest BCUT2D eigenvalue weighted by Crippen LogP contribution is -2.22. The maximum Gasteiger partial charge on any atom is 0.331 e. The Balaban J connectivity index is 1.68. The molecule has 0 unspecified atom stereocenters. The van der Waals surface area contributed by atoms with Crippen LogP contribution in [0.4, 0.5) is 0 Å². The Morgan fingerprint density at radius 3 is 2.29 bits per heavy atom. The molecule has 0 fully saturated rings. The molecule has 2 aromatic rings. The zero-order valence-corrected chi connectivity index (χ0v) is 21.0. The Morgan fingerprint density at radius 1 is 0.971 bits per heavy atom. The normalized spacial score (nSPS) is 11.6. The molecule has 186 valence electrons. The summed E-state index contributed by atoms with van der Waals surface area (Å²) in [7, 11) is 1.69. The quantitative estimate of drug-likeness (QED) is 0.211. The lowest BCUT2D eigenvalue weighted by atomic mass is 10.0. The van der Waals surface area contributed by atoms with Crippen LogP contribution in [0.5, 0.6) is 11.5 Å². The van der Waals surface area contributed by atoms with Gasteiger partial charge in [0.1, 0.15) is 22.8 Å². The van der Waals surface area contributed by atoms with Crippen molar-refractivity contribution in [1.82, 2.24) is 4.98 Å². The number of methoxy groups -OCH3 is 1. The highest BCUT2D eigenvalue weighted by Crippen LogP contribution is 2.20. The van der Waals surface area contributed by atoms with E-state index in [0.29, 0.717) is 23.7 Å². The Hall–Kier alpha value is -2.86. The van der Waals surface area contributed by atoms with Crippen molar-refractivity contribution in [3.8, 4) is 11.5 Å². The van der Waals surface area contributed by atoms with Crippen molar-refractivity contribution >= 4 is 12.0 Å². The van der Waals surface area contributed by atoms with Gasteiger partial charge < -0.3 is 19.3 Å². The fourth-order valence-electron chi connectivity index (χ4n) is 3.43. The first-order valence-corrected chi connectivity index (χ1v) is 12.1. The third kappa shape index (κ3) is 10.8. The fraction of sp³-hybridized carbons (Fsp3) is 0.500. The largest absolute Gasteiger partial charge is 0.497 e. The Morgan fingerprint density at radius 2 is 1.65 bits per heavy atom. The average Bonchev–Trinajstić information content (AvgIpc) is 2.81. The van der Waals surface area contributed by atoms with Crippen LogP contribution in [-0.4, -0.2) is 35.4 Å². The van der Waals surface area contributed by atoms with E-state index in [-0.39, 0.29) is 6.61 Å². The second-order valence-corrected chi connectivity index (χ2v) is 9.28. The molecule has 1 aromatic carbocycles. The van der Waals surface area contributed by atoms with E-state index in [2.05, 4.69) is 17.1 Å². The number of benzene rings is 1. The van der Waals surface area contributed by atoms with E-state index in [9.17, 15) is 9.90 Å². The summed E-state index contributed by atoms with van der Waals surface area (Å²) >= 11 is 0. The van der Waals surface area contributed by atoms with Gasteiger partial charge in [-0.1, -0.05) is 37.8 Å². The number of carbonyl (C=O) groups is 1. The molecule has 1 N–H and O–H groups in total. The number of hydrogen-bond donors (Lipinski definition) is 1. The molecule has 2 rings (SSSR count). The maximum atomic E-state index is 12.0. The first kappa shape index (κ1) is 27.4. The van der Waals surface area contributed by atoms with Crippen LogP contribution < -0.4 is 9.47 Å². The van der Waals surface area contributed by atoms with Crippen LogP contribution in [0.15, 0.2) is 42.5 Å². The molecule has 0 saturated heterocycles. The fourth-order valence-corrected chi connectivity index (χ4v) is 3.43. The predicted molar refractivity (Wildman–Crippen MR) is 135 cm³/mol. The highest BCUT2D eigenvalue weighted by atomic mass is 16.6. The summed E-state index contributed by atoms with van der Waals surface area (Å²) in [5, 5.41) is 9.38. The number of aryl methyl sites for hydroxylation is 1. The average molecular weight is 470 g/mol. The minimum absolute atomic E-state index is 0.175. The minimum atomic E-state index is -0.559. The topological polar surface area (TPSA) is 77.9 Å². The van der Waals surface area contributed by atoms with Gasteiger partial charge in [0.15, 0.2) is 0 Å². The maximum absolute atomic E-state index is 12.0. The van der Waals surface area contributed by atoms with E-state index in [1.807, 2.05) is 32.9 Å². The standard InChI is InChI=1S/C28H39NO5/c1-28(2,3)34-27(31)19-17-25-26(18-14-23(21-30)29-25)33-20-10-8-6-5-7-9-11-22-12-15-24(32-4)16-13-22/h12-19,30H,5-11,20-21H2,1-4H3. The highest BCUT2D eigenvalue weighted by Gasteiger charge is 2.14. The van der Waals surface area contributed by atoms with E-state index in [4.69, 9.17) is 14.2 Å². The van der Waals surface area contributed by atoms with E-state index in [0.717, 1.165) is 25.0 Å². The number of rotatable bonds is 14. The van der Waals surface area contributed by atoms with Crippen LogP contribution in [-0.2, 0) is 22.6 Å². The number of aliphatic hydroxyl groups is 1. The van der Waals surface area contributed by atoms with Gasteiger partial charge in [0, 0.05) is 6.08 Å². The molecular weight excluding hydrogens is 430 g/mol. The molecule has 6 nitrogen and oxygen atoms in total. The number of nitrogens with zero attached hydrogens (tertiary/aromatic N) is 1. The minimum Gasteiger partial charge on any atom is -0.497 e. The van der Waals surface area contributed by atoms with Crippen molar-refractivity contribution in [2.24, 2.45) is 0 Å². The Labute approximate surface area is 204 Å². The molecule has 0 spiro atoms. The second kappa shape index (κ2) is 14.4. The highest BCUT2D eigenvalue weighted by molar-refractivity contribution is 5.87. The molecule has 0 atom stereocenters. The van der Waals surface area contributed by atoms with Crippen molar-refractivity contribution < 1.29 is 24.1 Å². The molecule has 6 heteroatoms. The third-order valence-corrected chi connectivity index (χ3v) is 5.17. The second-order valence-electron chi connectivity index (χ2n) is 9.28. The smallest absolute Gasteiger partial charge is 0.331 e. The number of hydrogen-bond acceptors (Lipinski definition) is 6. The summed E-state index contributed by atoms with van der Waals surface area (Å²) in [6.07, 6.45) is 10.9. The van der Waals surface area contributed by atoms with Gasteiger partial charge in [-0.3, -0.25) is 0 Å². The molecule has 0 radical (unpaired) electrons. The third-order valence-electron chi connectivity index (χ3n) is 5.17. The van der Waals surface area contributed by atoms with Crippen molar-refractivity contribution in [2.75, 3.05) is 13.7 Å². The van der Waals surface area contributed by atoms with Gasteiger partial charge in [-0.05, 0) is 75.9 Å². The number of aromatic nitrogens is 1. The zero-order valence-electron chi connectivity index (χ0n) is 21.0. The number of aliphatic hydroxyl groups excluding tert-OH is 1. The van der Waals surface area contributed by atoms with Gasteiger partial charge in [-0.15, -0.1) is 0 Å². The predicted octanol–water partition coefficient (Wildman–Crippen LogP) is 5.90. The van der Waals surface area contributed by atoms with Crippen LogP contribution in [0, 0.1) is 0 Å². The molecule has 0 aliphatic rings. The summed E-state index contributed by atoms with van der Waals surface area (Å²) in [6.45, 7) is 5.86. The van der Waals surface area contributed by atoms with Crippen LogP contribution in [0.2, 0.25) is 0 Å². The van der Waals surface area contributed by atoms with Crippen molar-refractivity contribution in [2.45, 2.75) is 77.9 Å². The molecule has 1 heterocycles. The zero-order chi connectivity index (χ0) is 24.8. The van der Waals surface area contributed by atoms with Gasteiger partial charge in [0.2, 0.25) is 0 Å². The molecule has 1 aromatic heterocycles. The molecule has 0 aliphatic carbocycles. The SMILES string of the molecule is COc1ccc(CCCCCCCCOc2ccc(CO)nc2C=CC(=O)OC(C)(C)C)cc1. The van der Waals surface area contributed by atoms with Gasteiger partial charge >= 0.3 is 5.97 Å². The van der Waals surface area contributed by atoms with Crippen molar-refractivity contribution in [3.05, 3.63) is 59.4 Å². The van der Waals surface area contributed by atoms with E-state index in [1.54, 1.807) is 25.3 Å². The van der Waals surface area contributed by atoms with E-state index in [1.165, 1.54) is 37.3 Å². The first-order chi connectivity index (χ1) is 16.3. The number of ether oxygens (including phenoxy) is 3. The van der Waals surface area contributed by atoms with Crippen LogP contribution in [0.1, 0.15) is 76.2 Å². The van der Waals surface area contributed by atoms with E-state index < -0.39 is 11.6 Å².